The first-order valence-corrected chi connectivity index (χ1v) is 8.79. The van der Waals surface area contributed by atoms with Gasteiger partial charge in [-0.1, -0.05) is 22.0 Å². The van der Waals surface area contributed by atoms with Crippen LogP contribution in [-0.2, 0) is 0 Å². The number of aryl methyl sites for hydroxylation is 2. The van der Waals surface area contributed by atoms with Crippen molar-refractivity contribution in [1.82, 2.24) is 5.32 Å². The lowest BCUT2D eigenvalue weighted by Gasteiger charge is -2.13. The van der Waals surface area contributed by atoms with Crippen LogP contribution in [-0.4, -0.2) is 11.0 Å². The second-order valence-electron chi connectivity index (χ2n) is 4.83. The van der Waals surface area contributed by atoms with Crippen molar-refractivity contribution < 1.29 is 4.79 Å². The van der Waals surface area contributed by atoms with Crippen molar-refractivity contribution >= 4 is 67.4 Å². The van der Waals surface area contributed by atoms with E-state index < -0.39 is 0 Å². The molecule has 22 heavy (non-hydrogen) atoms. The molecule has 0 saturated carbocycles. The van der Waals surface area contributed by atoms with Gasteiger partial charge < -0.3 is 5.32 Å². The SMILES string of the molecule is Cc1cc(NC(=S)NC(=O)c2cccc(Br)c2)c(C)cc1I. The van der Waals surface area contributed by atoms with Gasteiger partial charge in [0.05, 0.1) is 0 Å². The maximum atomic E-state index is 12.1. The molecule has 0 aliphatic rings. The number of benzene rings is 2. The summed E-state index contributed by atoms with van der Waals surface area (Å²) in [4.78, 5) is 12.1. The van der Waals surface area contributed by atoms with E-state index in [1.165, 1.54) is 3.57 Å². The van der Waals surface area contributed by atoms with E-state index in [-0.39, 0.29) is 11.0 Å². The van der Waals surface area contributed by atoms with Crippen molar-refractivity contribution in [2.45, 2.75) is 13.8 Å². The molecule has 3 nitrogen and oxygen atoms in total. The predicted molar refractivity (Wildman–Crippen MR) is 106 cm³/mol. The van der Waals surface area contributed by atoms with Gasteiger partial charge in [-0.15, -0.1) is 0 Å². The molecule has 0 aliphatic heterocycles. The zero-order valence-corrected chi connectivity index (χ0v) is 16.6. The summed E-state index contributed by atoms with van der Waals surface area (Å²) in [7, 11) is 0. The van der Waals surface area contributed by atoms with Crippen LogP contribution in [0.2, 0.25) is 0 Å². The topological polar surface area (TPSA) is 41.1 Å². The molecule has 0 saturated heterocycles. The lowest BCUT2D eigenvalue weighted by atomic mass is 10.1. The highest BCUT2D eigenvalue weighted by molar-refractivity contribution is 14.1. The Hall–Kier alpha value is -0.990. The van der Waals surface area contributed by atoms with Gasteiger partial charge in [0.2, 0.25) is 0 Å². The first-order chi connectivity index (χ1) is 10.4. The van der Waals surface area contributed by atoms with Gasteiger partial charge in [-0.05, 0) is 90.1 Å². The summed E-state index contributed by atoms with van der Waals surface area (Å²) in [6.07, 6.45) is 0. The highest BCUT2D eigenvalue weighted by Gasteiger charge is 2.10. The Morgan fingerprint density at radius 3 is 2.59 bits per heavy atom. The average Bonchev–Trinajstić information content (AvgIpc) is 2.44. The first-order valence-electron chi connectivity index (χ1n) is 6.51. The molecule has 2 N–H and O–H groups in total. The Kier molecular flexibility index (Phi) is 5.94. The number of nitrogens with one attached hydrogen (secondary N) is 2. The smallest absolute Gasteiger partial charge is 0.257 e. The van der Waals surface area contributed by atoms with E-state index in [4.69, 9.17) is 12.2 Å². The molecule has 2 aromatic rings. The third-order valence-electron chi connectivity index (χ3n) is 3.07. The van der Waals surface area contributed by atoms with Crippen molar-refractivity contribution in [3.8, 4) is 0 Å². The molecule has 1 amide bonds. The Morgan fingerprint density at radius 1 is 1.18 bits per heavy atom. The standard InChI is InChI=1S/C16H14BrIN2OS/c1-9-7-14(10(2)6-13(9)18)19-16(22)20-15(21)11-4-3-5-12(17)8-11/h3-8H,1-2H3,(H2,19,20,21,22). The minimum Gasteiger partial charge on any atom is -0.332 e. The van der Waals surface area contributed by atoms with Crippen LogP contribution < -0.4 is 10.6 Å². The summed E-state index contributed by atoms with van der Waals surface area (Å²) in [6, 6.07) is 11.3. The van der Waals surface area contributed by atoms with Crippen molar-refractivity contribution in [2.75, 3.05) is 5.32 Å². The fourth-order valence-electron chi connectivity index (χ4n) is 1.87. The molecule has 0 atom stereocenters. The summed E-state index contributed by atoms with van der Waals surface area (Å²) >= 11 is 10.9. The van der Waals surface area contributed by atoms with E-state index in [1.807, 2.05) is 32.0 Å². The quantitative estimate of drug-likeness (QED) is 0.471. The fourth-order valence-corrected chi connectivity index (χ4v) is 3.10. The molecular weight excluding hydrogens is 475 g/mol. The number of carbonyl (C=O) groups is 1. The minimum absolute atomic E-state index is 0.237. The van der Waals surface area contributed by atoms with Crippen LogP contribution >= 0.6 is 50.7 Å². The summed E-state index contributed by atoms with van der Waals surface area (Å²) in [6.45, 7) is 4.04. The number of hydrogen-bond donors (Lipinski definition) is 2. The second-order valence-corrected chi connectivity index (χ2v) is 7.32. The molecule has 2 aromatic carbocycles. The van der Waals surface area contributed by atoms with E-state index in [0.29, 0.717) is 5.56 Å². The summed E-state index contributed by atoms with van der Waals surface area (Å²) < 4.78 is 2.05. The third kappa shape index (κ3) is 4.50. The number of hydrogen-bond acceptors (Lipinski definition) is 2. The predicted octanol–water partition coefficient (Wildman–Crippen LogP) is 4.80. The van der Waals surface area contributed by atoms with Crippen LogP contribution in [0.5, 0.6) is 0 Å². The third-order valence-corrected chi connectivity index (χ3v) is 4.93. The summed E-state index contributed by atoms with van der Waals surface area (Å²) in [5, 5.41) is 6.06. The average molecular weight is 489 g/mol. The van der Waals surface area contributed by atoms with Gasteiger partial charge in [0, 0.05) is 19.3 Å². The zero-order chi connectivity index (χ0) is 16.3. The maximum Gasteiger partial charge on any atom is 0.257 e. The molecule has 0 radical (unpaired) electrons. The van der Waals surface area contributed by atoms with E-state index in [2.05, 4.69) is 55.2 Å². The molecular formula is C16H14BrIN2OS. The van der Waals surface area contributed by atoms with E-state index in [1.54, 1.807) is 12.1 Å². The minimum atomic E-state index is -0.237. The fraction of sp³-hybridized carbons (Fsp3) is 0.125. The summed E-state index contributed by atoms with van der Waals surface area (Å²) in [5.74, 6) is -0.237. The molecule has 6 heteroatoms. The molecule has 2 rings (SSSR count). The highest BCUT2D eigenvalue weighted by atomic mass is 127. The van der Waals surface area contributed by atoms with Gasteiger partial charge in [0.15, 0.2) is 5.11 Å². The molecule has 114 valence electrons. The van der Waals surface area contributed by atoms with Crippen molar-refractivity contribution in [2.24, 2.45) is 0 Å². The number of halogens is 2. The van der Waals surface area contributed by atoms with Crippen LogP contribution in [0, 0.1) is 17.4 Å². The Bertz CT molecular complexity index is 749. The first kappa shape index (κ1) is 17.4. The summed E-state index contributed by atoms with van der Waals surface area (Å²) in [5.41, 5.74) is 3.69. The number of amides is 1. The van der Waals surface area contributed by atoms with Gasteiger partial charge in [-0.2, -0.15) is 0 Å². The maximum absolute atomic E-state index is 12.1. The van der Waals surface area contributed by atoms with Crippen LogP contribution in [0.1, 0.15) is 21.5 Å². The van der Waals surface area contributed by atoms with E-state index in [9.17, 15) is 4.79 Å². The Balaban J connectivity index is 2.07. The lowest BCUT2D eigenvalue weighted by Crippen LogP contribution is -2.34. The molecule has 0 heterocycles. The Labute approximate surface area is 157 Å². The van der Waals surface area contributed by atoms with Crippen molar-refractivity contribution in [3.63, 3.8) is 0 Å². The lowest BCUT2D eigenvalue weighted by molar-refractivity contribution is 0.0977. The monoisotopic (exact) mass is 488 g/mol. The van der Waals surface area contributed by atoms with Crippen LogP contribution in [0.4, 0.5) is 5.69 Å². The van der Waals surface area contributed by atoms with Crippen molar-refractivity contribution in [3.05, 3.63) is 61.1 Å². The van der Waals surface area contributed by atoms with Gasteiger partial charge in [0.1, 0.15) is 0 Å². The number of thiocarbonyl (C=S) groups is 1. The molecule has 0 unspecified atom stereocenters. The van der Waals surface area contributed by atoms with Gasteiger partial charge in [-0.25, -0.2) is 0 Å². The van der Waals surface area contributed by atoms with E-state index in [0.717, 1.165) is 21.3 Å². The number of rotatable bonds is 2. The second kappa shape index (κ2) is 7.52. The largest absolute Gasteiger partial charge is 0.332 e. The number of anilines is 1. The molecule has 0 spiro atoms. The van der Waals surface area contributed by atoms with Crippen LogP contribution in [0.3, 0.4) is 0 Å². The normalized spacial score (nSPS) is 10.2. The van der Waals surface area contributed by atoms with E-state index >= 15 is 0 Å². The number of carbonyl (C=O) groups excluding carboxylic acids is 1. The van der Waals surface area contributed by atoms with Gasteiger partial charge >= 0.3 is 0 Å². The van der Waals surface area contributed by atoms with Gasteiger partial charge in [0.25, 0.3) is 5.91 Å². The van der Waals surface area contributed by atoms with Crippen LogP contribution in [0.15, 0.2) is 40.9 Å². The molecule has 0 fully saturated rings. The molecule has 0 aromatic heterocycles. The van der Waals surface area contributed by atoms with Gasteiger partial charge in [-0.3, -0.25) is 10.1 Å². The Morgan fingerprint density at radius 2 is 1.91 bits per heavy atom. The molecule has 0 bridgehead atoms. The molecule has 0 aliphatic carbocycles. The zero-order valence-electron chi connectivity index (χ0n) is 12.0. The van der Waals surface area contributed by atoms with Crippen molar-refractivity contribution in [1.29, 1.82) is 0 Å². The highest BCUT2D eigenvalue weighted by Crippen LogP contribution is 2.21. The van der Waals surface area contributed by atoms with Crippen LogP contribution in [0.25, 0.3) is 0 Å².